The summed E-state index contributed by atoms with van der Waals surface area (Å²) in [5, 5.41) is 9.66. The van der Waals surface area contributed by atoms with E-state index in [1.54, 1.807) is 0 Å². The third kappa shape index (κ3) is 2.60. The third-order valence-corrected chi connectivity index (χ3v) is 3.77. The van der Waals surface area contributed by atoms with Crippen LogP contribution >= 0.6 is 15.9 Å². The van der Waals surface area contributed by atoms with Gasteiger partial charge in [-0.15, -0.1) is 0 Å². The van der Waals surface area contributed by atoms with Gasteiger partial charge < -0.3 is 5.11 Å². The van der Waals surface area contributed by atoms with Crippen molar-refractivity contribution in [2.24, 2.45) is 5.92 Å². The van der Waals surface area contributed by atoms with Crippen LogP contribution in [0.4, 0.5) is 0 Å². The first-order chi connectivity index (χ1) is 7.16. The van der Waals surface area contributed by atoms with Crippen LogP contribution in [0.1, 0.15) is 12.5 Å². The molecule has 2 atom stereocenters. The fraction of sp³-hybridized carbons (Fsp3) is 0.500. The highest BCUT2D eigenvalue weighted by Crippen LogP contribution is 2.22. The highest BCUT2D eigenvalue weighted by Gasteiger charge is 2.27. The van der Waals surface area contributed by atoms with E-state index in [-0.39, 0.29) is 6.10 Å². The van der Waals surface area contributed by atoms with Crippen LogP contribution in [-0.4, -0.2) is 29.2 Å². The van der Waals surface area contributed by atoms with Gasteiger partial charge in [0.05, 0.1) is 6.10 Å². The molecule has 2 unspecified atom stereocenters. The Kier molecular flexibility index (Phi) is 3.44. The SMILES string of the molecule is CC1CN(Cc2ccccc2Br)CC1O. The molecule has 1 saturated heterocycles. The zero-order valence-electron chi connectivity index (χ0n) is 8.86. The lowest BCUT2D eigenvalue weighted by Gasteiger charge is -2.15. The van der Waals surface area contributed by atoms with Crippen LogP contribution in [0.15, 0.2) is 28.7 Å². The molecule has 0 aliphatic carbocycles. The number of hydrogen-bond acceptors (Lipinski definition) is 2. The van der Waals surface area contributed by atoms with Crippen molar-refractivity contribution >= 4 is 15.9 Å². The van der Waals surface area contributed by atoms with E-state index < -0.39 is 0 Å². The van der Waals surface area contributed by atoms with E-state index in [2.05, 4.69) is 46.0 Å². The Balaban J connectivity index is 2.01. The summed E-state index contributed by atoms with van der Waals surface area (Å²) in [5.41, 5.74) is 1.29. The normalized spacial score (nSPS) is 27.1. The maximum absolute atomic E-state index is 9.66. The van der Waals surface area contributed by atoms with Gasteiger partial charge in [0.1, 0.15) is 0 Å². The maximum atomic E-state index is 9.66. The van der Waals surface area contributed by atoms with Crippen LogP contribution in [0.2, 0.25) is 0 Å². The minimum absolute atomic E-state index is 0.160. The molecule has 1 N–H and O–H groups in total. The molecule has 0 spiro atoms. The van der Waals surface area contributed by atoms with E-state index in [0.717, 1.165) is 24.1 Å². The molecule has 2 rings (SSSR count). The average molecular weight is 270 g/mol. The van der Waals surface area contributed by atoms with Crippen molar-refractivity contribution in [1.29, 1.82) is 0 Å². The first-order valence-electron chi connectivity index (χ1n) is 5.30. The third-order valence-electron chi connectivity index (χ3n) is 3.00. The second-order valence-corrected chi connectivity index (χ2v) is 5.18. The van der Waals surface area contributed by atoms with Crippen molar-refractivity contribution in [2.45, 2.75) is 19.6 Å². The minimum atomic E-state index is -0.160. The summed E-state index contributed by atoms with van der Waals surface area (Å²) in [6, 6.07) is 8.26. The number of benzene rings is 1. The predicted octanol–water partition coefficient (Wildman–Crippen LogP) is 2.26. The van der Waals surface area contributed by atoms with Gasteiger partial charge in [-0.05, 0) is 17.5 Å². The molecular weight excluding hydrogens is 254 g/mol. The van der Waals surface area contributed by atoms with E-state index in [9.17, 15) is 5.11 Å². The van der Waals surface area contributed by atoms with Gasteiger partial charge in [0.2, 0.25) is 0 Å². The summed E-state index contributed by atoms with van der Waals surface area (Å²) >= 11 is 3.54. The van der Waals surface area contributed by atoms with Crippen LogP contribution in [0.5, 0.6) is 0 Å². The number of likely N-dealkylation sites (tertiary alicyclic amines) is 1. The lowest BCUT2D eigenvalue weighted by molar-refractivity contribution is 0.147. The summed E-state index contributed by atoms with van der Waals surface area (Å²) in [5.74, 6) is 0.396. The average Bonchev–Trinajstić information content (AvgIpc) is 2.50. The van der Waals surface area contributed by atoms with Gasteiger partial charge in [0, 0.05) is 24.1 Å². The highest BCUT2D eigenvalue weighted by molar-refractivity contribution is 9.10. The number of β-amino-alcohol motifs (C(OH)–C–C–N with tert-alkyl or cyclic N) is 1. The molecule has 0 bridgehead atoms. The summed E-state index contributed by atoms with van der Waals surface area (Å²) in [6.45, 7) is 4.80. The molecule has 0 saturated carbocycles. The number of halogens is 1. The number of rotatable bonds is 2. The number of aliphatic hydroxyl groups excluding tert-OH is 1. The molecule has 2 nitrogen and oxygen atoms in total. The summed E-state index contributed by atoms with van der Waals surface area (Å²) < 4.78 is 1.15. The zero-order chi connectivity index (χ0) is 10.8. The Labute approximate surface area is 99.0 Å². The first-order valence-corrected chi connectivity index (χ1v) is 6.10. The standard InChI is InChI=1S/C12H16BrNO/c1-9-6-14(8-12(9)15)7-10-4-2-3-5-11(10)13/h2-5,9,12,15H,6-8H2,1H3. The van der Waals surface area contributed by atoms with Crippen molar-refractivity contribution in [3.8, 4) is 0 Å². The van der Waals surface area contributed by atoms with Crippen LogP contribution in [0, 0.1) is 5.92 Å². The number of aliphatic hydroxyl groups is 1. The molecule has 0 aromatic heterocycles. The largest absolute Gasteiger partial charge is 0.391 e. The van der Waals surface area contributed by atoms with Crippen molar-refractivity contribution in [1.82, 2.24) is 4.90 Å². The van der Waals surface area contributed by atoms with Crippen LogP contribution in [0.3, 0.4) is 0 Å². The van der Waals surface area contributed by atoms with Gasteiger partial charge in [-0.2, -0.15) is 0 Å². The van der Waals surface area contributed by atoms with Crippen LogP contribution < -0.4 is 0 Å². The predicted molar refractivity (Wildman–Crippen MR) is 64.6 cm³/mol. The molecule has 1 aliphatic heterocycles. The molecule has 1 aromatic rings. The summed E-state index contributed by atoms with van der Waals surface area (Å²) in [6.07, 6.45) is -0.160. The van der Waals surface area contributed by atoms with Gasteiger partial charge in [-0.3, -0.25) is 4.90 Å². The Morgan fingerprint density at radius 1 is 1.40 bits per heavy atom. The van der Waals surface area contributed by atoms with Crippen molar-refractivity contribution < 1.29 is 5.11 Å². The topological polar surface area (TPSA) is 23.5 Å². The van der Waals surface area contributed by atoms with E-state index in [1.807, 2.05) is 6.07 Å². The van der Waals surface area contributed by atoms with Gasteiger partial charge in [0.15, 0.2) is 0 Å². The number of hydrogen-bond donors (Lipinski definition) is 1. The Hall–Kier alpha value is -0.380. The Morgan fingerprint density at radius 2 is 2.13 bits per heavy atom. The van der Waals surface area contributed by atoms with Gasteiger partial charge in [-0.25, -0.2) is 0 Å². The van der Waals surface area contributed by atoms with E-state index >= 15 is 0 Å². The quantitative estimate of drug-likeness (QED) is 0.891. The molecular formula is C12H16BrNO. The second kappa shape index (κ2) is 4.64. The lowest BCUT2D eigenvalue weighted by Crippen LogP contribution is -2.21. The molecule has 1 aromatic carbocycles. The summed E-state index contributed by atoms with van der Waals surface area (Å²) in [4.78, 5) is 2.30. The molecule has 1 heterocycles. The van der Waals surface area contributed by atoms with Gasteiger partial charge >= 0.3 is 0 Å². The van der Waals surface area contributed by atoms with Crippen molar-refractivity contribution in [3.63, 3.8) is 0 Å². The van der Waals surface area contributed by atoms with E-state index in [4.69, 9.17) is 0 Å². The Bertz CT molecular complexity index is 332. The maximum Gasteiger partial charge on any atom is 0.0704 e. The molecule has 82 valence electrons. The monoisotopic (exact) mass is 269 g/mol. The van der Waals surface area contributed by atoms with Crippen molar-refractivity contribution in [3.05, 3.63) is 34.3 Å². The smallest absolute Gasteiger partial charge is 0.0704 e. The lowest BCUT2D eigenvalue weighted by atomic mass is 10.1. The molecule has 3 heteroatoms. The van der Waals surface area contributed by atoms with Gasteiger partial charge in [0.25, 0.3) is 0 Å². The van der Waals surface area contributed by atoms with Crippen molar-refractivity contribution in [2.75, 3.05) is 13.1 Å². The summed E-state index contributed by atoms with van der Waals surface area (Å²) in [7, 11) is 0. The highest BCUT2D eigenvalue weighted by atomic mass is 79.9. The first kappa shape index (κ1) is 11.1. The minimum Gasteiger partial charge on any atom is -0.391 e. The zero-order valence-corrected chi connectivity index (χ0v) is 10.4. The second-order valence-electron chi connectivity index (χ2n) is 4.33. The fourth-order valence-corrected chi connectivity index (χ4v) is 2.45. The van der Waals surface area contributed by atoms with Crippen LogP contribution in [-0.2, 0) is 6.54 Å². The molecule has 0 radical (unpaired) electrons. The van der Waals surface area contributed by atoms with Gasteiger partial charge in [-0.1, -0.05) is 41.1 Å². The van der Waals surface area contributed by atoms with E-state index in [1.165, 1.54) is 5.56 Å². The molecule has 1 fully saturated rings. The molecule has 15 heavy (non-hydrogen) atoms. The van der Waals surface area contributed by atoms with E-state index in [0.29, 0.717) is 5.92 Å². The Morgan fingerprint density at radius 3 is 2.73 bits per heavy atom. The van der Waals surface area contributed by atoms with Crippen LogP contribution in [0.25, 0.3) is 0 Å². The molecule has 0 amide bonds. The number of nitrogens with zero attached hydrogens (tertiary/aromatic N) is 1. The fourth-order valence-electron chi connectivity index (χ4n) is 2.04. The molecule has 1 aliphatic rings.